The van der Waals surface area contributed by atoms with Crippen LogP contribution in [0.5, 0.6) is 5.88 Å². The van der Waals surface area contributed by atoms with Crippen LogP contribution < -0.4 is 10.5 Å². The Labute approximate surface area is 121 Å². The van der Waals surface area contributed by atoms with Crippen molar-refractivity contribution in [1.82, 2.24) is 4.98 Å². The van der Waals surface area contributed by atoms with Gasteiger partial charge >= 0.3 is 0 Å². The largest absolute Gasteiger partial charge is 0.475 e. The Hall–Kier alpha value is -0.320. The summed E-state index contributed by atoms with van der Waals surface area (Å²) in [5, 5.41) is 0.515. The first-order valence-electron chi connectivity index (χ1n) is 6.32. The molecule has 2 rings (SSSR count). The van der Waals surface area contributed by atoms with Crippen LogP contribution in [0, 0.1) is 0 Å². The number of ether oxygens (including phenoxy) is 1. The van der Waals surface area contributed by atoms with Gasteiger partial charge in [0.2, 0.25) is 5.88 Å². The van der Waals surface area contributed by atoms with E-state index in [0.717, 1.165) is 17.3 Å². The Morgan fingerprint density at radius 3 is 2.61 bits per heavy atom. The molecule has 1 aromatic rings. The van der Waals surface area contributed by atoms with E-state index in [-0.39, 0.29) is 5.54 Å². The Kier molecular flexibility index (Phi) is 4.87. The van der Waals surface area contributed by atoms with Crippen molar-refractivity contribution in [1.29, 1.82) is 0 Å². The summed E-state index contributed by atoms with van der Waals surface area (Å²) in [6.07, 6.45) is 8.62. The highest BCUT2D eigenvalue weighted by Gasteiger charge is 2.27. The summed E-state index contributed by atoms with van der Waals surface area (Å²) in [5.74, 6) is 0.467. The van der Waals surface area contributed by atoms with Gasteiger partial charge in [-0.3, -0.25) is 0 Å². The molecule has 1 aliphatic rings. The van der Waals surface area contributed by atoms with Gasteiger partial charge in [-0.05, 0) is 34.8 Å². The Morgan fingerprint density at radius 1 is 1.33 bits per heavy atom. The van der Waals surface area contributed by atoms with Gasteiger partial charge in [0, 0.05) is 10.7 Å². The smallest absolute Gasteiger partial charge is 0.232 e. The van der Waals surface area contributed by atoms with Crippen molar-refractivity contribution in [3.63, 3.8) is 0 Å². The van der Waals surface area contributed by atoms with Crippen LogP contribution >= 0.6 is 27.5 Å². The maximum atomic E-state index is 6.38. The van der Waals surface area contributed by atoms with E-state index in [1.165, 1.54) is 25.7 Å². The van der Waals surface area contributed by atoms with Crippen molar-refractivity contribution in [2.24, 2.45) is 5.73 Å². The lowest BCUT2D eigenvalue weighted by molar-refractivity contribution is 0.193. The second kappa shape index (κ2) is 6.22. The van der Waals surface area contributed by atoms with Crippen molar-refractivity contribution in [3.8, 4) is 5.88 Å². The Balaban J connectivity index is 1.97. The summed E-state index contributed by atoms with van der Waals surface area (Å²) in [7, 11) is 0. The van der Waals surface area contributed by atoms with Gasteiger partial charge in [0.15, 0.2) is 0 Å². The number of nitrogens with two attached hydrogens (primary N) is 1. The van der Waals surface area contributed by atoms with Crippen molar-refractivity contribution in [2.75, 3.05) is 6.61 Å². The molecule has 18 heavy (non-hydrogen) atoms. The minimum Gasteiger partial charge on any atom is -0.475 e. The highest BCUT2D eigenvalue weighted by Crippen LogP contribution is 2.28. The lowest BCUT2D eigenvalue weighted by atomic mass is 9.93. The van der Waals surface area contributed by atoms with E-state index in [0.29, 0.717) is 17.5 Å². The summed E-state index contributed by atoms with van der Waals surface area (Å²) < 4.78 is 6.55. The molecule has 0 radical (unpaired) electrons. The van der Waals surface area contributed by atoms with Gasteiger partial charge in [-0.15, -0.1) is 0 Å². The Bertz CT molecular complexity index is 406. The van der Waals surface area contributed by atoms with Gasteiger partial charge in [0.05, 0.1) is 5.54 Å². The summed E-state index contributed by atoms with van der Waals surface area (Å²) in [4.78, 5) is 4.16. The van der Waals surface area contributed by atoms with E-state index in [1.807, 2.05) is 0 Å². The number of pyridine rings is 1. The zero-order valence-corrected chi connectivity index (χ0v) is 12.6. The summed E-state index contributed by atoms with van der Waals surface area (Å²) in [6, 6.07) is 1.78. The average Bonchev–Trinajstić information content (AvgIpc) is 2.54. The standard InChI is InChI=1S/C13H18BrClN2O/c14-10-7-11(15)12(17-8-10)18-9-13(16)5-3-1-2-4-6-13/h7-8H,1-6,9,16H2. The average molecular weight is 334 g/mol. The van der Waals surface area contributed by atoms with E-state index < -0.39 is 0 Å². The maximum Gasteiger partial charge on any atom is 0.232 e. The molecule has 0 aliphatic heterocycles. The minimum atomic E-state index is -0.228. The molecule has 0 amide bonds. The van der Waals surface area contributed by atoms with Crippen LogP contribution in [-0.2, 0) is 0 Å². The van der Waals surface area contributed by atoms with Gasteiger partial charge < -0.3 is 10.5 Å². The SMILES string of the molecule is NC1(COc2ncc(Br)cc2Cl)CCCCCC1. The predicted molar refractivity (Wildman–Crippen MR) is 77.1 cm³/mol. The van der Waals surface area contributed by atoms with Crippen LogP contribution in [0.1, 0.15) is 38.5 Å². The number of halogens is 2. The van der Waals surface area contributed by atoms with Crippen LogP contribution in [0.3, 0.4) is 0 Å². The number of hydrogen-bond acceptors (Lipinski definition) is 3. The maximum absolute atomic E-state index is 6.38. The van der Waals surface area contributed by atoms with Crippen LogP contribution in [0.4, 0.5) is 0 Å². The molecule has 1 heterocycles. The van der Waals surface area contributed by atoms with Crippen LogP contribution in [0.25, 0.3) is 0 Å². The number of rotatable bonds is 3. The minimum absolute atomic E-state index is 0.228. The highest BCUT2D eigenvalue weighted by molar-refractivity contribution is 9.10. The third-order valence-electron chi connectivity index (χ3n) is 3.37. The second-order valence-electron chi connectivity index (χ2n) is 5.01. The number of aromatic nitrogens is 1. The third-order valence-corrected chi connectivity index (χ3v) is 4.07. The molecular formula is C13H18BrClN2O. The zero-order chi connectivity index (χ0) is 13.0. The van der Waals surface area contributed by atoms with Crippen LogP contribution in [0.2, 0.25) is 5.02 Å². The van der Waals surface area contributed by atoms with Gasteiger partial charge in [-0.2, -0.15) is 0 Å². The molecule has 5 heteroatoms. The van der Waals surface area contributed by atoms with Crippen molar-refractivity contribution in [3.05, 3.63) is 21.8 Å². The van der Waals surface area contributed by atoms with E-state index in [9.17, 15) is 0 Å². The van der Waals surface area contributed by atoms with Crippen LogP contribution in [-0.4, -0.2) is 17.1 Å². The Morgan fingerprint density at radius 2 is 2.00 bits per heavy atom. The zero-order valence-electron chi connectivity index (χ0n) is 10.3. The number of hydrogen-bond donors (Lipinski definition) is 1. The quantitative estimate of drug-likeness (QED) is 0.853. The topological polar surface area (TPSA) is 48.1 Å². The van der Waals surface area contributed by atoms with Gasteiger partial charge in [0.1, 0.15) is 11.6 Å². The molecule has 100 valence electrons. The molecular weight excluding hydrogens is 316 g/mol. The molecule has 0 unspecified atom stereocenters. The van der Waals surface area contributed by atoms with E-state index >= 15 is 0 Å². The fourth-order valence-electron chi connectivity index (χ4n) is 2.30. The van der Waals surface area contributed by atoms with Crippen molar-refractivity contribution in [2.45, 2.75) is 44.1 Å². The molecule has 0 saturated heterocycles. The van der Waals surface area contributed by atoms with E-state index in [1.54, 1.807) is 12.3 Å². The van der Waals surface area contributed by atoms with Crippen molar-refractivity contribution < 1.29 is 4.74 Å². The third kappa shape index (κ3) is 3.84. The van der Waals surface area contributed by atoms with E-state index in [2.05, 4.69) is 20.9 Å². The first-order valence-corrected chi connectivity index (χ1v) is 7.49. The molecule has 0 atom stereocenters. The molecule has 1 saturated carbocycles. The molecule has 0 bridgehead atoms. The second-order valence-corrected chi connectivity index (χ2v) is 6.33. The predicted octanol–water partition coefficient (Wildman–Crippen LogP) is 3.93. The van der Waals surface area contributed by atoms with Crippen molar-refractivity contribution >= 4 is 27.5 Å². The molecule has 0 aromatic carbocycles. The molecule has 1 aliphatic carbocycles. The van der Waals surface area contributed by atoms with Crippen LogP contribution in [0.15, 0.2) is 16.7 Å². The number of nitrogens with zero attached hydrogens (tertiary/aromatic N) is 1. The fourth-order valence-corrected chi connectivity index (χ4v) is 2.98. The lowest BCUT2D eigenvalue weighted by Gasteiger charge is -2.27. The lowest BCUT2D eigenvalue weighted by Crippen LogP contribution is -2.45. The molecule has 0 spiro atoms. The monoisotopic (exact) mass is 332 g/mol. The van der Waals surface area contributed by atoms with Gasteiger partial charge in [0.25, 0.3) is 0 Å². The first-order chi connectivity index (χ1) is 8.59. The molecule has 2 N–H and O–H groups in total. The molecule has 1 aromatic heterocycles. The summed E-state index contributed by atoms with van der Waals surface area (Å²) in [6.45, 7) is 0.487. The van der Waals surface area contributed by atoms with Gasteiger partial charge in [-0.1, -0.05) is 37.3 Å². The molecule has 3 nitrogen and oxygen atoms in total. The van der Waals surface area contributed by atoms with E-state index in [4.69, 9.17) is 22.1 Å². The summed E-state index contributed by atoms with van der Waals surface area (Å²) >= 11 is 9.38. The highest BCUT2D eigenvalue weighted by atomic mass is 79.9. The fraction of sp³-hybridized carbons (Fsp3) is 0.615. The van der Waals surface area contributed by atoms with Gasteiger partial charge in [-0.25, -0.2) is 4.98 Å². The first kappa shape index (κ1) is 14.1. The summed E-state index contributed by atoms with van der Waals surface area (Å²) in [5.41, 5.74) is 6.15. The normalized spacial score (nSPS) is 19.3. The molecule has 1 fully saturated rings.